The lowest BCUT2D eigenvalue weighted by atomic mass is 10.0. The van der Waals surface area contributed by atoms with E-state index in [0.29, 0.717) is 5.56 Å². The predicted octanol–water partition coefficient (Wildman–Crippen LogP) is 2.95. The van der Waals surface area contributed by atoms with Crippen molar-refractivity contribution in [3.63, 3.8) is 0 Å². The molecule has 0 aliphatic rings. The Kier molecular flexibility index (Phi) is 5.11. The highest BCUT2D eigenvalue weighted by Crippen LogP contribution is 2.16. The topological polar surface area (TPSA) is 101 Å². The van der Waals surface area contributed by atoms with Gasteiger partial charge in [-0.1, -0.05) is 24.3 Å². The maximum atomic E-state index is 12.4. The molecule has 0 unspecified atom stereocenters. The molecule has 2 N–H and O–H groups in total. The highest BCUT2D eigenvalue weighted by Gasteiger charge is 2.14. The van der Waals surface area contributed by atoms with Gasteiger partial charge in [-0.3, -0.25) is 4.79 Å². The number of hydrogen-bond acceptors (Lipinski definition) is 4. The quantitative estimate of drug-likeness (QED) is 0.481. The van der Waals surface area contributed by atoms with E-state index in [1.54, 1.807) is 12.1 Å². The van der Waals surface area contributed by atoms with Crippen molar-refractivity contribution >= 4 is 23.8 Å². The maximum Gasteiger partial charge on any atom is 0.335 e. The summed E-state index contributed by atoms with van der Waals surface area (Å²) in [4.78, 5) is 34.2. The first-order valence-electron chi connectivity index (χ1n) is 6.89. The van der Waals surface area contributed by atoms with Gasteiger partial charge in [-0.05, 0) is 35.9 Å². The van der Waals surface area contributed by atoms with E-state index < -0.39 is 17.7 Å². The summed E-state index contributed by atoms with van der Waals surface area (Å²) in [6.45, 7) is 0. The Morgan fingerprint density at radius 1 is 0.875 bits per heavy atom. The van der Waals surface area contributed by atoms with Crippen LogP contribution in [0.4, 0.5) is 0 Å². The third-order valence-electron chi connectivity index (χ3n) is 3.27. The lowest BCUT2D eigenvalue weighted by Crippen LogP contribution is -2.06. The molecule has 2 rings (SSSR count). The van der Waals surface area contributed by atoms with Crippen molar-refractivity contribution in [1.82, 2.24) is 0 Å². The molecule has 0 aliphatic heterocycles. The van der Waals surface area contributed by atoms with Crippen molar-refractivity contribution in [2.75, 3.05) is 7.11 Å². The van der Waals surface area contributed by atoms with Crippen molar-refractivity contribution in [2.24, 2.45) is 0 Å². The molecule has 24 heavy (non-hydrogen) atoms. The Labute approximate surface area is 137 Å². The molecule has 2 aromatic carbocycles. The van der Waals surface area contributed by atoms with Gasteiger partial charge < -0.3 is 14.9 Å². The number of carboxylic acids is 2. The van der Waals surface area contributed by atoms with Crippen LogP contribution in [0.25, 0.3) is 6.08 Å². The Balaban J connectivity index is 2.33. The minimum absolute atomic E-state index is 0.0145. The fourth-order valence-corrected chi connectivity index (χ4v) is 2.04. The fraction of sp³-hybridized carbons (Fsp3) is 0.0556. The average molecular weight is 326 g/mol. The number of benzene rings is 2. The molecule has 0 amide bonds. The third kappa shape index (κ3) is 3.86. The summed E-state index contributed by atoms with van der Waals surface area (Å²) in [5.41, 5.74) is 0.936. The smallest absolute Gasteiger partial charge is 0.335 e. The molecule has 122 valence electrons. The zero-order valence-electron chi connectivity index (χ0n) is 12.7. The van der Waals surface area contributed by atoms with Crippen LogP contribution in [0.15, 0.2) is 54.3 Å². The second kappa shape index (κ2) is 7.23. The van der Waals surface area contributed by atoms with E-state index in [0.717, 1.165) is 0 Å². The maximum absolute atomic E-state index is 12.4. The summed E-state index contributed by atoms with van der Waals surface area (Å²) in [5.74, 6) is -2.57. The predicted molar refractivity (Wildman–Crippen MR) is 86.1 cm³/mol. The average Bonchev–Trinajstić information content (AvgIpc) is 2.59. The number of aromatic carboxylic acids is 2. The van der Waals surface area contributed by atoms with Gasteiger partial charge >= 0.3 is 11.9 Å². The number of allylic oxidation sites excluding steroid dienone is 1. The van der Waals surface area contributed by atoms with Crippen LogP contribution in [0.1, 0.15) is 36.6 Å². The Morgan fingerprint density at radius 2 is 1.46 bits per heavy atom. The number of Topliss-reactive ketones (excluding diaryl/α,β-unsaturated/α-hetero) is 1. The van der Waals surface area contributed by atoms with Gasteiger partial charge in [0.15, 0.2) is 5.76 Å². The van der Waals surface area contributed by atoms with Gasteiger partial charge in [0.2, 0.25) is 5.78 Å². The van der Waals surface area contributed by atoms with Crippen LogP contribution < -0.4 is 0 Å². The molecule has 0 aromatic heterocycles. The number of carboxylic acid groups (broad SMARTS) is 2. The zero-order chi connectivity index (χ0) is 17.7. The molecule has 2 aromatic rings. The number of carbonyl (C=O) groups excluding carboxylic acids is 1. The Bertz CT molecular complexity index is 818. The molecule has 6 nitrogen and oxygen atoms in total. The fourth-order valence-electron chi connectivity index (χ4n) is 2.04. The molecule has 0 saturated carbocycles. The van der Waals surface area contributed by atoms with Crippen molar-refractivity contribution < 1.29 is 29.3 Å². The lowest BCUT2D eigenvalue weighted by molar-refractivity contribution is 0.0686. The molecular weight excluding hydrogens is 312 g/mol. The minimum Gasteiger partial charge on any atom is -0.493 e. The van der Waals surface area contributed by atoms with Gasteiger partial charge in [-0.25, -0.2) is 9.59 Å². The van der Waals surface area contributed by atoms with Crippen molar-refractivity contribution in [3.8, 4) is 0 Å². The van der Waals surface area contributed by atoms with E-state index in [9.17, 15) is 14.4 Å². The molecule has 0 heterocycles. The van der Waals surface area contributed by atoms with Gasteiger partial charge in [0.25, 0.3) is 0 Å². The number of carbonyl (C=O) groups is 3. The summed E-state index contributed by atoms with van der Waals surface area (Å²) in [7, 11) is 1.33. The second-order valence-corrected chi connectivity index (χ2v) is 4.85. The van der Waals surface area contributed by atoms with Crippen LogP contribution in [-0.2, 0) is 4.74 Å². The molecule has 0 atom stereocenters. The van der Waals surface area contributed by atoms with Crippen LogP contribution >= 0.6 is 0 Å². The van der Waals surface area contributed by atoms with E-state index in [1.807, 2.05) is 0 Å². The molecule has 0 bridgehead atoms. The monoisotopic (exact) mass is 326 g/mol. The van der Waals surface area contributed by atoms with Gasteiger partial charge in [-0.15, -0.1) is 0 Å². The molecule has 0 fully saturated rings. The summed E-state index contributed by atoms with van der Waals surface area (Å²) in [5, 5.41) is 17.9. The summed E-state index contributed by atoms with van der Waals surface area (Å²) >= 11 is 0. The highest BCUT2D eigenvalue weighted by molar-refractivity contribution is 6.10. The number of hydrogen-bond donors (Lipinski definition) is 2. The molecular formula is C18H14O6. The Hall–Kier alpha value is -3.41. The van der Waals surface area contributed by atoms with Crippen LogP contribution in [0, 0.1) is 0 Å². The number of ketones is 1. The van der Waals surface area contributed by atoms with Gasteiger partial charge in [0.1, 0.15) is 0 Å². The Morgan fingerprint density at radius 3 is 2.00 bits per heavy atom. The summed E-state index contributed by atoms with van der Waals surface area (Å²) < 4.78 is 5.10. The first kappa shape index (κ1) is 17.0. The van der Waals surface area contributed by atoms with Crippen molar-refractivity contribution in [2.45, 2.75) is 0 Å². The molecule has 0 aliphatic carbocycles. The number of rotatable bonds is 6. The normalized spacial score (nSPS) is 11.0. The number of ether oxygens (including phenoxy) is 1. The highest BCUT2D eigenvalue weighted by atomic mass is 16.5. The van der Waals surface area contributed by atoms with E-state index >= 15 is 0 Å². The van der Waals surface area contributed by atoms with Crippen LogP contribution in [0.3, 0.4) is 0 Å². The van der Waals surface area contributed by atoms with E-state index in [4.69, 9.17) is 14.9 Å². The molecule has 0 saturated heterocycles. The first-order chi connectivity index (χ1) is 11.4. The van der Waals surface area contributed by atoms with Crippen LogP contribution in [-0.4, -0.2) is 35.0 Å². The summed E-state index contributed by atoms with van der Waals surface area (Å²) in [6.07, 6.45) is 1.43. The first-order valence-corrected chi connectivity index (χ1v) is 6.89. The number of methoxy groups -OCH3 is 1. The SMILES string of the molecule is COC(=Cc1cccc(C(=O)O)c1)C(=O)c1ccc(C(=O)O)cc1. The van der Waals surface area contributed by atoms with Crippen LogP contribution in [0.5, 0.6) is 0 Å². The zero-order valence-corrected chi connectivity index (χ0v) is 12.7. The van der Waals surface area contributed by atoms with Crippen LogP contribution in [0.2, 0.25) is 0 Å². The van der Waals surface area contributed by atoms with E-state index in [-0.39, 0.29) is 22.4 Å². The minimum atomic E-state index is -1.08. The van der Waals surface area contributed by atoms with E-state index in [1.165, 1.54) is 49.6 Å². The third-order valence-corrected chi connectivity index (χ3v) is 3.27. The summed E-state index contributed by atoms with van der Waals surface area (Å²) in [6, 6.07) is 11.5. The van der Waals surface area contributed by atoms with Gasteiger partial charge in [0.05, 0.1) is 18.2 Å². The van der Waals surface area contributed by atoms with Gasteiger partial charge in [0, 0.05) is 5.56 Å². The molecule has 0 spiro atoms. The van der Waals surface area contributed by atoms with Crippen molar-refractivity contribution in [3.05, 3.63) is 76.5 Å². The van der Waals surface area contributed by atoms with Crippen molar-refractivity contribution in [1.29, 1.82) is 0 Å². The van der Waals surface area contributed by atoms with E-state index in [2.05, 4.69) is 0 Å². The second-order valence-electron chi connectivity index (χ2n) is 4.85. The van der Waals surface area contributed by atoms with Gasteiger partial charge in [-0.2, -0.15) is 0 Å². The lowest BCUT2D eigenvalue weighted by Gasteiger charge is -2.06. The molecule has 0 radical (unpaired) electrons. The largest absolute Gasteiger partial charge is 0.493 e. The standard InChI is InChI=1S/C18H14O6/c1-24-15(10-11-3-2-4-14(9-11)18(22)23)16(19)12-5-7-13(8-6-12)17(20)21/h2-10H,1H3,(H,20,21)(H,22,23). The molecule has 6 heteroatoms.